The zero-order chi connectivity index (χ0) is 16.7. The fourth-order valence-corrected chi connectivity index (χ4v) is 1.30. The maximum Gasteiger partial charge on any atom is 0.155 e. The molecule has 0 aliphatic rings. The highest BCUT2D eigenvalue weighted by Crippen LogP contribution is 2.18. The summed E-state index contributed by atoms with van der Waals surface area (Å²) in [4.78, 5) is 12.2. The van der Waals surface area contributed by atoms with Crippen LogP contribution in [0.15, 0.2) is 24.2 Å². The van der Waals surface area contributed by atoms with E-state index < -0.39 is 17.9 Å². The van der Waals surface area contributed by atoms with Crippen molar-refractivity contribution in [3.05, 3.63) is 35.3 Å². The maximum absolute atomic E-state index is 12.2. The number of carbonyl (C=O) groups excluding carboxylic acids is 1. The van der Waals surface area contributed by atoms with Gasteiger partial charge in [-0.15, -0.1) is 0 Å². The summed E-state index contributed by atoms with van der Waals surface area (Å²) in [5.41, 5.74) is 5.28. The Labute approximate surface area is 105 Å². The molecule has 2 atom stereocenters. The average Bonchev–Trinajstić information content (AvgIpc) is 2.40. The minimum atomic E-state index is -1.29. The molecule has 88 valence electrons. The summed E-state index contributed by atoms with van der Waals surface area (Å²) >= 11 is 0. The van der Waals surface area contributed by atoms with Gasteiger partial charge in [0.15, 0.2) is 5.78 Å². The summed E-state index contributed by atoms with van der Waals surface area (Å²) in [5, 5.41) is 0. The number of Topliss-reactive ketones (excluding diaryl/α,β-unsaturated/α-hetero) is 1. The second kappa shape index (κ2) is 4.79. The first-order valence-corrected chi connectivity index (χ1v) is 5.20. The first kappa shape index (κ1) is 7.23. The Bertz CT molecular complexity index is 551. The number of hydrogen-bond donors (Lipinski definition) is 1. The van der Waals surface area contributed by atoms with E-state index in [0.717, 1.165) is 0 Å². The van der Waals surface area contributed by atoms with Crippen LogP contribution in [0.5, 0.6) is 0 Å². The fourth-order valence-electron chi connectivity index (χ4n) is 1.30. The van der Waals surface area contributed by atoms with Crippen molar-refractivity contribution in [3.8, 4) is 0 Å². The van der Waals surface area contributed by atoms with E-state index in [-0.39, 0.29) is 41.1 Å². The lowest BCUT2D eigenvalue weighted by Gasteiger charge is -2.21. The zero-order valence-electron chi connectivity index (χ0n) is 15.1. The van der Waals surface area contributed by atoms with Crippen molar-refractivity contribution in [1.82, 2.24) is 0 Å². The van der Waals surface area contributed by atoms with E-state index in [2.05, 4.69) is 0 Å². The van der Waals surface area contributed by atoms with Crippen LogP contribution in [0.25, 0.3) is 0 Å². The molecule has 0 fully saturated rings. The van der Waals surface area contributed by atoms with E-state index in [1.54, 1.807) is 20.8 Å². The average molecular weight is 224 g/mol. The lowest BCUT2D eigenvalue weighted by atomic mass is 9.84. The third-order valence-corrected chi connectivity index (χ3v) is 2.16. The Hall–Kier alpha value is -1.15. The van der Waals surface area contributed by atoms with E-state index in [4.69, 9.17) is 12.6 Å². The Morgan fingerprint density at radius 1 is 1.56 bits per heavy atom. The first-order chi connectivity index (χ1) is 9.41. The van der Waals surface area contributed by atoms with Gasteiger partial charge >= 0.3 is 0 Å². The number of hydrogen-bond acceptors (Lipinski definition) is 2. The maximum atomic E-state index is 12.2. The van der Waals surface area contributed by atoms with Crippen LogP contribution in [0.1, 0.15) is 38.8 Å². The van der Waals surface area contributed by atoms with Gasteiger partial charge in [0.2, 0.25) is 0 Å². The Kier molecular flexibility index (Phi) is 2.16. The van der Waals surface area contributed by atoms with Crippen LogP contribution >= 0.6 is 0 Å². The molecule has 0 aliphatic heterocycles. The van der Waals surface area contributed by atoms with Crippen molar-refractivity contribution in [2.75, 3.05) is 0 Å². The van der Waals surface area contributed by atoms with Crippen LogP contribution in [-0.4, -0.2) is 11.8 Å². The molecule has 0 bridgehead atoms. The van der Waals surface area contributed by atoms with Gasteiger partial charge in [0, 0.05) is 6.79 Å². The smallest absolute Gasteiger partial charge is 0.155 e. The van der Waals surface area contributed by atoms with Crippen molar-refractivity contribution in [1.29, 1.82) is 0 Å². The van der Waals surface area contributed by atoms with Crippen molar-refractivity contribution >= 4 is 5.78 Å². The highest BCUT2D eigenvalue weighted by Gasteiger charge is 2.26. The second-order valence-electron chi connectivity index (χ2n) is 4.85. The quantitative estimate of drug-likeness (QED) is 0.857. The highest BCUT2D eigenvalue weighted by molar-refractivity contribution is 5.88. The summed E-state index contributed by atoms with van der Waals surface area (Å²) in [7, 11) is 0. The predicted octanol–water partition coefficient (Wildman–Crippen LogP) is 2.48. The van der Waals surface area contributed by atoms with Gasteiger partial charge in [-0.3, -0.25) is 4.79 Å². The molecule has 0 unspecified atom stereocenters. The highest BCUT2D eigenvalue weighted by atomic mass is 16.1. The largest absolute Gasteiger partial charge is 0.321 e. The third-order valence-electron chi connectivity index (χ3n) is 2.16. The van der Waals surface area contributed by atoms with Crippen molar-refractivity contribution in [2.45, 2.75) is 40.1 Å². The standard InChI is InChI=1S/C14H21NO/c1-10-6-5-7-11(8-10)9-12(15)13(16)14(2,3)4/h5-8,12H,9,15H2,1-4H3/t12-/m0/s1/i5D,6D,7D,8D,9D/t9-,12-. The van der Waals surface area contributed by atoms with Crippen LogP contribution in [-0.2, 0) is 11.2 Å². The molecule has 2 nitrogen and oxygen atoms in total. The number of nitrogens with two attached hydrogens (primary N) is 1. The van der Waals surface area contributed by atoms with Crippen LogP contribution in [0.3, 0.4) is 0 Å². The summed E-state index contributed by atoms with van der Waals surface area (Å²) in [6.45, 7) is 6.58. The molecule has 0 radical (unpaired) electrons. The molecule has 0 aromatic heterocycles. The Morgan fingerprint density at radius 2 is 2.19 bits per heavy atom. The molecule has 0 aliphatic carbocycles. The third kappa shape index (κ3) is 3.46. The van der Waals surface area contributed by atoms with Crippen LogP contribution in [0.4, 0.5) is 0 Å². The molecule has 0 amide bonds. The first-order valence-electron chi connectivity index (χ1n) is 7.78. The molecule has 0 saturated heterocycles. The minimum Gasteiger partial charge on any atom is -0.321 e. The van der Waals surface area contributed by atoms with E-state index in [0.29, 0.717) is 0 Å². The summed E-state index contributed by atoms with van der Waals surface area (Å²) in [6, 6.07) is -2.23. The topological polar surface area (TPSA) is 43.1 Å². The van der Waals surface area contributed by atoms with Gasteiger partial charge in [0.25, 0.3) is 0 Å². The van der Waals surface area contributed by atoms with Crippen molar-refractivity contribution in [2.24, 2.45) is 11.1 Å². The van der Waals surface area contributed by atoms with Crippen LogP contribution < -0.4 is 5.73 Å². The lowest BCUT2D eigenvalue weighted by molar-refractivity contribution is -0.127. The van der Waals surface area contributed by atoms with Crippen molar-refractivity contribution < 1.29 is 11.6 Å². The summed E-state index contributed by atoms with van der Waals surface area (Å²) in [6.07, 6.45) is -1.29. The number of carbonyl (C=O) groups is 1. The van der Waals surface area contributed by atoms with Gasteiger partial charge in [-0.2, -0.15) is 0 Å². The molecule has 2 N–H and O–H groups in total. The van der Waals surface area contributed by atoms with Crippen molar-refractivity contribution in [3.63, 3.8) is 0 Å². The molecule has 1 aromatic rings. The summed E-state index contributed by atoms with van der Waals surface area (Å²) in [5.74, 6) is -0.333. The van der Waals surface area contributed by atoms with E-state index in [1.807, 2.05) is 0 Å². The number of ketones is 1. The molecule has 0 saturated carbocycles. The Balaban J connectivity index is 3.38. The van der Waals surface area contributed by atoms with Gasteiger partial charge in [-0.05, 0) is 18.9 Å². The van der Waals surface area contributed by atoms with Crippen LogP contribution in [0, 0.1) is 12.3 Å². The fraction of sp³-hybridized carbons (Fsp3) is 0.500. The summed E-state index contributed by atoms with van der Waals surface area (Å²) < 4.78 is 39.4. The van der Waals surface area contributed by atoms with Gasteiger partial charge in [-0.1, -0.05) is 50.5 Å². The van der Waals surface area contributed by atoms with Gasteiger partial charge in [0.05, 0.1) is 11.5 Å². The molecular weight excluding hydrogens is 198 g/mol. The SMILES string of the molecule is [2H]c1c([2H])c(C)c([2H])c([C@H]([2H])[C@H](N)C(=O)C(C)(C)C)c1[2H]. The van der Waals surface area contributed by atoms with Gasteiger partial charge < -0.3 is 5.73 Å². The lowest BCUT2D eigenvalue weighted by Crippen LogP contribution is -2.40. The zero-order valence-corrected chi connectivity index (χ0v) is 10.1. The molecule has 16 heavy (non-hydrogen) atoms. The molecular formula is C14H21NO. The van der Waals surface area contributed by atoms with E-state index >= 15 is 0 Å². The molecule has 0 spiro atoms. The van der Waals surface area contributed by atoms with Crippen LogP contribution in [0.2, 0.25) is 0 Å². The minimum absolute atomic E-state index is 0.0569. The monoisotopic (exact) mass is 224 g/mol. The number of rotatable bonds is 3. The molecule has 0 heterocycles. The molecule has 1 rings (SSSR count). The van der Waals surface area contributed by atoms with Gasteiger partial charge in [-0.25, -0.2) is 0 Å². The van der Waals surface area contributed by atoms with E-state index in [1.165, 1.54) is 6.92 Å². The molecule has 2 heteroatoms. The second-order valence-corrected chi connectivity index (χ2v) is 4.85. The van der Waals surface area contributed by atoms with E-state index in [9.17, 15) is 4.79 Å². The molecule has 1 aromatic carbocycles. The van der Waals surface area contributed by atoms with Gasteiger partial charge in [0.1, 0.15) is 0 Å². The number of benzene rings is 1. The predicted molar refractivity (Wildman–Crippen MR) is 67.3 cm³/mol. The normalized spacial score (nSPS) is 19.9. The Morgan fingerprint density at radius 3 is 2.75 bits per heavy atom.